The van der Waals surface area contributed by atoms with Crippen LogP contribution in [-0.2, 0) is 4.79 Å². The molecule has 1 aliphatic carbocycles. The van der Waals surface area contributed by atoms with Crippen LogP contribution in [-0.4, -0.2) is 24.4 Å². The zero-order valence-corrected chi connectivity index (χ0v) is 8.42. The van der Waals surface area contributed by atoms with E-state index in [4.69, 9.17) is 0 Å². The summed E-state index contributed by atoms with van der Waals surface area (Å²) >= 11 is 4.06. The molecule has 0 bridgehead atoms. The lowest BCUT2D eigenvalue weighted by molar-refractivity contribution is -0.139. The second-order valence-corrected chi connectivity index (χ2v) is 4.04. The topological polar surface area (TPSA) is 29.1 Å². The van der Waals surface area contributed by atoms with Crippen molar-refractivity contribution in [3.05, 3.63) is 0 Å². The predicted molar refractivity (Wildman–Crippen MR) is 49.2 cm³/mol. The van der Waals surface area contributed by atoms with E-state index in [1.807, 2.05) is 5.32 Å². The third-order valence-electron chi connectivity index (χ3n) is 2.31. The van der Waals surface area contributed by atoms with Gasteiger partial charge in [-0.3, -0.25) is 4.79 Å². The van der Waals surface area contributed by atoms with Crippen LogP contribution in [0, 0.1) is 5.41 Å². The van der Waals surface area contributed by atoms with E-state index in [0.29, 0.717) is 5.75 Å². The van der Waals surface area contributed by atoms with Gasteiger partial charge in [0.1, 0.15) is 6.54 Å². The van der Waals surface area contributed by atoms with E-state index >= 15 is 0 Å². The average molecular weight is 227 g/mol. The molecule has 0 aromatic heterocycles. The van der Waals surface area contributed by atoms with Crippen LogP contribution in [0.4, 0.5) is 13.2 Å². The maximum absolute atomic E-state index is 11.7. The number of carbonyl (C=O) groups excluding carboxylic acids is 1. The summed E-state index contributed by atoms with van der Waals surface area (Å²) < 4.78 is 35.1. The summed E-state index contributed by atoms with van der Waals surface area (Å²) in [5.74, 6) is 0.0285. The molecule has 2 nitrogen and oxygen atoms in total. The van der Waals surface area contributed by atoms with Gasteiger partial charge in [0, 0.05) is 6.42 Å². The SMILES string of the molecule is O=C(CC1(CS)CC1)NCC(F)(F)F. The van der Waals surface area contributed by atoms with Crippen LogP contribution >= 0.6 is 12.6 Å². The molecule has 82 valence electrons. The standard InChI is InChI=1S/C8H12F3NOS/c9-8(10,11)4-12-6(13)3-7(5-14)1-2-7/h14H,1-5H2,(H,12,13). The van der Waals surface area contributed by atoms with Crippen molar-refractivity contribution in [1.82, 2.24) is 5.32 Å². The fourth-order valence-electron chi connectivity index (χ4n) is 1.17. The van der Waals surface area contributed by atoms with E-state index in [2.05, 4.69) is 12.6 Å². The number of hydrogen-bond acceptors (Lipinski definition) is 2. The lowest BCUT2D eigenvalue weighted by atomic mass is 10.1. The van der Waals surface area contributed by atoms with Crippen molar-refractivity contribution < 1.29 is 18.0 Å². The van der Waals surface area contributed by atoms with Gasteiger partial charge in [-0.15, -0.1) is 0 Å². The monoisotopic (exact) mass is 227 g/mol. The first kappa shape index (κ1) is 11.7. The molecular formula is C8H12F3NOS. The Morgan fingerprint density at radius 2 is 2.00 bits per heavy atom. The maximum Gasteiger partial charge on any atom is 0.405 e. The molecule has 0 aromatic rings. The summed E-state index contributed by atoms with van der Waals surface area (Å²) in [4.78, 5) is 11.1. The first-order chi connectivity index (χ1) is 6.37. The minimum absolute atomic E-state index is 0.126. The Bertz CT molecular complexity index is 225. The van der Waals surface area contributed by atoms with Crippen molar-refractivity contribution in [3.8, 4) is 0 Å². The summed E-state index contributed by atoms with van der Waals surface area (Å²) in [5.41, 5.74) is -0.126. The quantitative estimate of drug-likeness (QED) is 0.704. The molecule has 0 radical (unpaired) electrons. The molecule has 0 unspecified atom stereocenters. The predicted octanol–water partition coefficient (Wildman–Crippen LogP) is 1.77. The molecule has 0 aromatic carbocycles. The van der Waals surface area contributed by atoms with Gasteiger partial charge in [0.2, 0.25) is 5.91 Å². The smallest absolute Gasteiger partial charge is 0.347 e. The molecule has 0 heterocycles. The van der Waals surface area contributed by atoms with Crippen LogP contribution in [0.5, 0.6) is 0 Å². The molecule has 1 rings (SSSR count). The largest absolute Gasteiger partial charge is 0.405 e. The minimum Gasteiger partial charge on any atom is -0.347 e. The molecule has 1 aliphatic rings. The lowest BCUT2D eigenvalue weighted by Crippen LogP contribution is -2.35. The Balaban J connectivity index is 2.23. The normalized spacial score (nSPS) is 19.1. The summed E-state index contributed by atoms with van der Waals surface area (Å²) in [5, 5.41) is 1.86. The van der Waals surface area contributed by atoms with Crippen molar-refractivity contribution >= 4 is 18.5 Å². The Hall–Kier alpha value is -0.390. The molecule has 6 heteroatoms. The van der Waals surface area contributed by atoms with E-state index in [1.54, 1.807) is 0 Å². The van der Waals surface area contributed by atoms with Crippen molar-refractivity contribution in [3.63, 3.8) is 0 Å². The van der Waals surface area contributed by atoms with Gasteiger partial charge in [-0.05, 0) is 24.0 Å². The van der Waals surface area contributed by atoms with Crippen LogP contribution in [0.25, 0.3) is 0 Å². The number of rotatable bonds is 4. The average Bonchev–Trinajstić information content (AvgIpc) is 2.81. The van der Waals surface area contributed by atoms with Crippen molar-refractivity contribution in [2.45, 2.75) is 25.4 Å². The van der Waals surface area contributed by atoms with Crippen molar-refractivity contribution in [2.75, 3.05) is 12.3 Å². The van der Waals surface area contributed by atoms with Gasteiger partial charge in [-0.2, -0.15) is 25.8 Å². The Morgan fingerprint density at radius 3 is 2.36 bits per heavy atom. The molecular weight excluding hydrogens is 215 g/mol. The number of nitrogens with one attached hydrogen (secondary N) is 1. The summed E-state index contributed by atoms with van der Waals surface area (Å²) in [6, 6.07) is 0. The molecule has 0 spiro atoms. The number of hydrogen-bond donors (Lipinski definition) is 2. The number of amides is 1. The molecule has 1 saturated carbocycles. The number of halogens is 3. The van der Waals surface area contributed by atoms with Gasteiger partial charge < -0.3 is 5.32 Å². The number of carbonyl (C=O) groups is 1. The molecule has 1 fully saturated rings. The van der Waals surface area contributed by atoms with E-state index in [0.717, 1.165) is 12.8 Å². The van der Waals surface area contributed by atoms with Gasteiger partial charge >= 0.3 is 6.18 Å². The molecule has 0 aliphatic heterocycles. The molecule has 1 N–H and O–H groups in total. The van der Waals surface area contributed by atoms with Crippen LogP contribution in [0.15, 0.2) is 0 Å². The molecule has 1 amide bonds. The van der Waals surface area contributed by atoms with Crippen molar-refractivity contribution in [2.24, 2.45) is 5.41 Å². The first-order valence-electron chi connectivity index (χ1n) is 4.31. The van der Waals surface area contributed by atoms with Crippen LogP contribution in [0.2, 0.25) is 0 Å². The molecule has 0 saturated heterocycles. The fraction of sp³-hybridized carbons (Fsp3) is 0.875. The van der Waals surface area contributed by atoms with Crippen molar-refractivity contribution in [1.29, 1.82) is 0 Å². The summed E-state index contributed by atoms with van der Waals surface area (Å²) in [6.07, 6.45) is -2.40. The maximum atomic E-state index is 11.7. The highest BCUT2D eigenvalue weighted by atomic mass is 32.1. The number of alkyl halides is 3. The Morgan fingerprint density at radius 1 is 1.43 bits per heavy atom. The summed E-state index contributed by atoms with van der Waals surface area (Å²) in [6.45, 7) is -1.24. The first-order valence-corrected chi connectivity index (χ1v) is 4.94. The second kappa shape index (κ2) is 4.00. The van der Waals surface area contributed by atoms with Crippen LogP contribution in [0.1, 0.15) is 19.3 Å². The highest BCUT2D eigenvalue weighted by molar-refractivity contribution is 7.80. The van der Waals surface area contributed by atoms with E-state index < -0.39 is 18.6 Å². The van der Waals surface area contributed by atoms with E-state index in [1.165, 1.54) is 0 Å². The fourth-order valence-corrected chi connectivity index (χ4v) is 1.60. The highest BCUT2D eigenvalue weighted by Crippen LogP contribution is 2.49. The Labute approximate surface area is 85.7 Å². The zero-order valence-electron chi connectivity index (χ0n) is 7.52. The second-order valence-electron chi connectivity index (χ2n) is 3.73. The van der Waals surface area contributed by atoms with E-state index in [9.17, 15) is 18.0 Å². The summed E-state index contributed by atoms with van der Waals surface area (Å²) in [7, 11) is 0. The van der Waals surface area contributed by atoms with Gasteiger partial charge in [0.15, 0.2) is 0 Å². The molecule has 0 atom stereocenters. The highest BCUT2D eigenvalue weighted by Gasteiger charge is 2.43. The van der Waals surface area contributed by atoms with Gasteiger partial charge in [-0.1, -0.05) is 0 Å². The zero-order chi connectivity index (χ0) is 10.8. The molecule has 14 heavy (non-hydrogen) atoms. The third-order valence-corrected chi connectivity index (χ3v) is 2.98. The van der Waals surface area contributed by atoms with Crippen LogP contribution in [0.3, 0.4) is 0 Å². The minimum atomic E-state index is -4.33. The van der Waals surface area contributed by atoms with E-state index in [-0.39, 0.29) is 11.8 Å². The lowest BCUT2D eigenvalue weighted by Gasteiger charge is -2.12. The Kier molecular flexibility index (Phi) is 3.34. The van der Waals surface area contributed by atoms with Gasteiger partial charge in [0.05, 0.1) is 0 Å². The van der Waals surface area contributed by atoms with Gasteiger partial charge in [0.25, 0.3) is 0 Å². The van der Waals surface area contributed by atoms with Crippen LogP contribution < -0.4 is 5.32 Å². The van der Waals surface area contributed by atoms with Gasteiger partial charge in [-0.25, -0.2) is 0 Å². The number of thiol groups is 1. The third kappa shape index (κ3) is 3.77.